The molecule has 21 heavy (non-hydrogen) atoms. The summed E-state index contributed by atoms with van der Waals surface area (Å²) in [6.45, 7) is 0. The summed E-state index contributed by atoms with van der Waals surface area (Å²) < 4.78 is 0. The molecule has 0 bridgehead atoms. The fourth-order valence-corrected chi connectivity index (χ4v) is 1.84. The van der Waals surface area contributed by atoms with Gasteiger partial charge in [-0.05, 0) is 36.2 Å². The normalized spacial score (nSPS) is 9.95. The number of benzene rings is 1. The predicted octanol–water partition coefficient (Wildman–Crippen LogP) is 2.01. The quantitative estimate of drug-likeness (QED) is 0.881. The molecule has 2 aromatic rings. The second-order valence-corrected chi connectivity index (χ2v) is 4.56. The van der Waals surface area contributed by atoms with Gasteiger partial charge in [-0.15, -0.1) is 0 Å². The molecule has 1 aromatic heterocycles. The molecule has 0 aliphatic carbocycles. The van der Waals surface area contributed by atoms with Crippen molar-refractivity contribution in [2.45, 2.75) is 12.8 Å². The number of anilines is 1. The molecule has 2 rings (SSSR count). The minimum Gasteiger partial charge on any atom is -0.359 e. The van der Waals surface area contributed by atoms with Gasteiger partial charge in [0.05, 0.1) is 0 Å². The number of hydrogen-bond donors (Lipinski definition) is 2. The third-order valence-electron chi connectivity index (χ3n) is 3.07. The van der Waals surface area contributed by atoms with Crippen LogP contribution in [-0.2, 0) is 11.2 Å². The SMILES string of the molecule is CNC(=O)CCc1ccc(NC(=O)c2ccncc2)cc1. The summed E-state index contributed by atoms with van der Waals surface area (Å²) in [4.78, 5) is 27.0. The van der Waals surface area contributed by atoms with Crippen LogP contribution in [0.4, 0.5) is 5.69 Å². The summed E-state index contributed by atoms with van der Waals surface area (Å²) >= 11 is 0. The number of aryl methyl sites for hydroxylation is 1. The van der Waals surface area contributed by atoms with E-state index in [1.54, 1.807) is 31.6 Å². The van der Waals surface area contributed by atoms with E-state index >= 15 is 0 Å². The Labute approximate surface area is 123 Å². The van der Waals surface area contributed by atoms with Crippen molar-refractivity contribution in [3.8, 4) is 0 Å². The van der Waals surface area contributed by atoms with Gasteiger partial charge in [-0.25, -0.2) is 0 Å². The lowest BCUT2D eigenvalue weighted by Gasteiger charge is -2.06. The van der Waals surface area contributed by atoms with E-state index in [-0.39, 0.29) is 11.8 Å². The highest BCUT2D eigenvalue weighted by Crippen LogP contribution is 2.12. The van der Waals surface area contributed by atoms with Gasteiger partial charge in [-0.2, -0.15) is 0 Å². The molecule has 0 aliphatic heterocycles. The Balaban J connectivity index is 1.93. The Hall–Kier alpha value is -2.69. The molecule has 5 nitrogen and oxygen atoms in total. The summed E-state index contributed by atoms with van der Waals surface area (Å²) in [5.41, 5.74) is 2.34. The van der Waals surface area contributed by atoms with Crippen LogP contribution in [0.3, 0.4) is 0 Å². The Bertz CT molecular complexity index is 609. The first-order chi connectivity index (χ1) is 10.2. The van der Waals surface area contributed by atoms with Gasteiger partial charge < -0.3 is 10.6 Å². The van der Waals surface area contributed by atoms with E-state index in [2.05, 4.69) is 15.6 Å². The van der Waals surface area contributed by atoms with Crippen LogP contribution in [0.15, 0.2) is 48.8 Å². The van der Waals surface area contributed by atoms with E-state index < -0.39 is 0 Å². The van der Waals surface area contributed by atoms with Crippen molar-refractivity contribution in [1.29, 1.82) is 0 Å². The lowest BCUT2D eigenvalue weighted by molar-refractivity contribution is -0.120. The maximum Gasteiger partial charge on any atom is 0.255 e. The standard InChI is InChI=1S/C16H17N3O2/c1-17-15(20)7-4-12-2-5-14(6-3-12)19-16(21)13-8-10-18-11-9-13/h2-3,5-6,8-11H,4,7H2,1H3,(H,17,20)(H,19,21). The van der Waals surface area contributed by atoms with E-state index in [1.807, 2.05) is 24.3 Å². The van der Waals surface area contributed by atoms with Crippen LogP contribution < -0.4 is 10.6 Å². The Morgan fingerprint density at radius 1 is 1.05 bits per heavy atom. The van der Waals surface area contributed by atoms with Crippen LogP contribution in [-0.4, -0.2) is 23.8 Å². The zero-order valence-corrected chi connectivity index (χ0v) is 11.8. The van der Waals surface area contributed by atoms with Crippen LogP contribution in [0.1, 0.15) is 22.3 Å². The largest absolute Gasteiger partial charge is 0.359 e. The highest BCUT2D eigenvalue weighted by atomic mass is 16.2. The van der Waals surface area contributed by atoms with E-state index in [9.17, 15) is 9.59 Å². The van der Waals surface area contributed by atoms with E-state index in [0.29, 0.717) is 18.4 Å². The van der Waals surface area contributed by atoms with Crippen molar-refractivity contribution in [1.82, 2.24) is 10.3 Å². The van der Waals surface area contributed by atoms with Crippen molar-refractivity contribution in [2.24, 2.45) is 0 Å². The number of hydrogen-bond acceptors (Lipinski definition) is 3. The third kappa shape index (κ3) is 4.42. The minimum absolute atomic E-state index is 0.0186. The molecule has 0 saturated carbocycles. The van der Waals surface area contributed by atoms with Gasteiger partial charge in [0.15, 0.2) is 0 Å². The van der Waals surface area contributed by atoms with Crippen LogP contribution in [0, 0.1) is 0 Å². The Morgan fingerprint density at radius 3 is 2.33 bits per heavy atom. The molecular formula is C16H17N3O2. The van der Waals surface area contributed by atoms with Gasteiger partial charge in [-0.1, -0.05) is 12.1 Å². The Morgan fingerprint density at radius 2 is 1.71 bits per heavy atom. The summed E-state index contributed by atoms with van der Waals surface area (Å²) in [6.07, 6.45) is 4.30. The van der Waals surface area contributed by atoms with Crippen molar-refractivity contribution in [3.05, 3.63) is 59.9 Å². The van der Waals surface area contributed by atoms with Crippen LogP contribution >= 0.6 is 0 Å². The number of carbonyl (C=O) groups excluding carboxylic acids is 2. The number of nitrogens with one attached hydrogen (secondary N) is 2. The number of amides is 2. The first-order valence-electron chi connectivity index (χ1n) is 6.70. The molecule has 1 aromatic carbocycles. The topological polar surface area (TPSA) is 71.1 Å². The molecule has 0 unspecified atom stereocenters. The predicted molar refractivity (Wildman–Crippen MR) is 81.0 cm³/mol. The van der Waals surface area contributed by atoms with Crippen LogP contribution in [0.2, 0.25) is 0 Å². The number of rotatable bonds is 5. The van der Waals surface area contributed by atoms with Gasteiger partial charge in [0.25, 0.3) is 5.91 Å². The van der Waals surface area contributed by atoms with E-state index in [1.165, 1.54) is 0 Å². The van der Waals surface area contributed by atoms with Crippen LogP contribution in [0.5, 0.6) is 0 Å². The van der Waals surface area contributed by atoms with E-state index in [0.717, 1.165) is 11.3 Å². The minimum atomic E-state index is -0.171. The first kappa shape index (κ1) is 14.7. The molecule has 5 heteroatoms. The van der Waals surface area contributed by atoms with Gasteiger partial charge in [0, 0.05) is 37.1 Å². The molecular weight excluding hydrogens is 266 g/mol. The van der Waals surface area contributed by atoms with Gasteiger partial charge >= 0.3 is 0 Å². The van der Waals surface area contributed by atoms with Crippen molar-refractivity contribution < 1.29 is 9.59 Å². The Kier molecular flexibility index (Phi) is 5.04. The average Bonchev–Trinajstić information content (AvgIpc) is 2.54. The van der Waals surface area contributed by atoms with Crippen LogP contribution in [0.25, 0.3) is 0 Å². The molecule has 0 fully saturated rings. The molecule has 2 amide bonds. The molecule has 0 atom stereocenters. The summed E-state index contributed by atoms with van der Waals surface area (Å²) in [7, 11) is 1.63. The monoisotopic (exact) mass is 283 g/mol. The molecule has 2 N–H and O–H groups in total. The molecule has 1 heterocycles. The lowest BCUT2D eigenvalue weighted by atomic mass is 10.1. The highest BCUT2D eigenvalue weighted by Gasteiger charge is 2.05. The first-order valence-corrected chi connectivity index (χ1v) is 6.70. The van der Waals surface area contributed by atoms with Gasteiger partial charge in [-0.3, -0.25) is 14.6 Å². The zero-order chi connectivity index (χ0) is 15.1. The molecule has 0 radical (unpaired) electrons. The lowest BCUT2D eigenvalue weighted by Crippen LogP contribution is -2.17. The molecule has 0 spiro atoms. The molecule has 0 saturated heterocycles. The number of aromatic nitrogens is 1. The van der Waals surface area contributed by atoms with Gasteiger partial charge in [0.1, 0.15) is 0 Å². The third-order valence-corrected chi connectivity index (χ3v) is 3.07. The second kappa shape index (κ2) is 7.19. The number of pyridine rings is 1. The smallest absolute Gasteiger partial charge is 0.255 e. The molecule has 0 aliphatic rings. The summed E-state index contributed by atoms with van der Waals surface area (Å²) in [5.74, 6) is -0.152. The maximum absolute atomic E-state index is 12.0. The molecule has 108 valence electrons. The van der Waals surface area contributed by atoms with Crippen molar-refractivity contribution in [3.63, 3.8) is 0 Å². The fourth-order valence-electron chi connectivity index (χ4n) is 1.84. The highest BCUT2D eigenvalue weighted by molar-refractivity contribution is 6.04. The summed E-state index contributed by atoms with van der Waals surface area (Å²) in [5, 5.41) is 5.41. The van der Waals surface area contributed by atoms with Crippen molar-refractivity contribution >= 4 is 17.5 Å². The summed E-state index contributed by atoms with van der Waals surface area (Å²) in [6, 6.07) is 10.8. The zero-order valence-electron chi connectivity index (χ0n) is 11.8. The fraction of sp³-hybridized carbons (Fsp3) is 0.188. The maximum atomic E-state index is 12.0. The number of nitrogens with zero attached hydrogens (tertiary/aromatic N) is 1. The second-order valence-electron chi connectivity index (χ2n) is 4.56. The van der Waals surface area contributed by atoms with Gasteiger partial charge in [0.2, 0.25) is 5.91 Å². The number of carbonyl (C=O) groups is 2. The average molecular weight is 283 g/mol. The van der Waals surface area contributed by atoms with Crippen molar-refractivity contribution in [2.75, 3.05) is 12.4 Å². The van der Waals surface area contributed by atoms with E-state index in [4.69, 9.17) is 0 Å².